The van der Waals surface area contributed by atoms with Crippen LogP contribution in [0.1, 0.15) is 56.8 Å². The Hall–Kier alpha value is -4.15. The van der Waals surface area contributed by atoms with E-state index in [1.54, 1.807) is 24.4 Å². The number of hydrogen-bond donors (Lipinski definition) is 0. The molecule has 1 saturated heterocycles. The Bertz CT molecular complexity index is 1470. The molecule has 0 saturated carbocycles. The topological polar surface area (TPSA) is 91.0 Å². The Kier molecular flexibility index (Phi) is 6.92. The number of benzene rings is 1. The fourth-order valence-electron chi connectivity index (χ4n) is 5.14. The Morgan fingerprint density at radius 3 is 2.76 bits per heavy atom. The lowest BCUT2D eigenvalue weighted by atomic mass is 9.97. The maximum absolute atomic E-state index is 13.8. The Morgan fingerprint density at radius 2 is 2.08 bits per heavy atom. The summed E-state index contributed by atoms with van der Waals surface area (Å²) in [6.45, 7) is 7.18. The fraction of sp³-hybridized carbons (Fsp3) is 0.370. The number of halogens is 2. The SMILES string of the molecule is C=CC(=O)N1CCC(n2nnc(-c3cc(O[C@H](C)c4ccccn4)c4c(c3)ncn4C(F)F)c2C)C[C@H]1C. The molecule has 0 bridgehead atoms. The van der Waals surface area contributed by atoms with Gasteiger partial charge in [0, 0.05) is 24.3 Å². The van der Waals surface area contributed by atoms with Crippen LogP contribution in [0.25, 0.3) is 22.3 Å². The predicted octanol–water partition coefficient (Wildman–Crippen LogP) is 5.27. The van der Waals surface area contributed by atoms with Gasteiger partial charge in [-0.3, -0.25) is 14.3 Å². The van der Waals surface area contributed by atoms with Gasteiger partial charge in [0.25, 0.3) is 0 Å². The van der Waals surface area contributed by atoms with E-state index in [0.717, 1.165) is 29.4 Å². The van der Waals surface area contributed by atoms with Gasteiger partial charge in [-0.15, -0.1) is 5.10 Å². The van der Waals surface area contributed by atoms with Crippen LogP contribution in [-0.2, 0) is 4.79 Å². The van der Waals surface area contributed by atoms with Crippen molar-refractivity contribution < 1.29 is 18.3 Å². The summed E-state index contributed by atoms with van der Waals surface area (Å²) in [5.74, 6) is 0.184. The molecule has 4 heterocycles. The average molecular weight is 522 g/mol. The second-order valence-corrected chi connectivity index (χ2v) is 9.52. The molecule has 11 heteroatoms. The molecule has 0 aliphatic carbocycles. The van der Waals surface area contributed by atoms with Crippen molar-refractivity contribution in [1.29, 1.82) is 0 Å². The van der Waals surface area contributed by atoms with Crippen LogP contribution in [0.15, 0.2) is 55.5 Å². The zero-order valence-electron chi connectivity index (χ0n) is 21.5. The number of piperidine rings is 1. The van der Waals surface area contributed by atoms with E-state index in [9.17, 15) is 13.6 Å². The van der Waals surface area contributed by atoms with Gasteiger partial charge in [-0.25, -0.2) is 9.67 Å². The van der Waals surface area contributed by atoms with Crippen LogP contribution >= 0.6 is 0 Å². The van der Waals surface area contributed by atoms with Gasteiger partial charge in [0.2, 0.25) is 5.91 Å². The third-order valence-electron chi connectivity index (χ3n) is 7.11. The van der Waals surface area contributed by atoms with Crippen molar-refractivity contribution in [2.45, 2.75) is 58.3 Å². The van der Waals surface area contributed by atoms with Crippen LogP contribution in [0.4, 0.5) is 8.78 Å². The number of alkyl halides is 2. The standard InChI is InChI=1S/C27H29F2N7O2/c1-5-24(37)34-11-9-20(12-16(34)2)36-17(3)25(32-33-36)19-13-22-26(35(15-31-22)27(28)29)23(14-19)38-18(4)21-8-6-7-10-30-21/h5-8,10,13-16,18,20,27H,1,9,11-12H2,2-4H3/t16-,18-,20?/m1/s1. The molecular formula is C27H29F2N7O2. The molecule has 198 valence electrons. The van der Waals surface area contributed by atoms with Crippen LogP contribution in [0.2, 0.25) is 0 Å². The maximum atomic E-state index is 13.8. The van der Waals surface area contributed by atoms with Crippen LogP contribution in [0.3, 0.4) is 0 Å². The van der Waals surface area contributed by atoms with E-state index in [0.29, 0.717) is 29.0 Å². The number of hydrogen-bond acceptors (Lipinski definition) is 6. The van der Waals surface area contributed by atoms with E-state index >= 15 is 0 Å². The number of amides is 1. The lowest BCUT2D eigenvalue weighted by Crippen LogP contribution is -2.44. The minimum atomic E-state index is -2.78. The van der Waals surface area contributed by atoms with E-state index in [4.69, 9.17) is 4.74 Å². The molecule has 1 amide bonds. The molecule has 1 fully saturated rings. The first-order valence-corrected chi connectivity index (χ1v) is 12.5. The highest BCUT2D eigenvalue weighted by Gasteiger charge is 2.31. The first-order valence-electron chi connectivity index (χ1n) is 12.5. The average Bonchev–Trinajstić information content (AvgIpc) is 3.52. The summed E-state index contributed by atoms with van der Waals surface area (Å²) in [5.41, 5.74) is 3.35. The molecule has 1 aliphatic rings. The Morgan fingerprint density at radius 1 is 1.26 bits per heavy atom. The van der Waals surface area contributed by atoms with Crippen molar-refractivity contribution in [3.8, 4) is 17.0 Å². The Labute approximate surface area is 218 Å². The van der Waals surface area contributed by atoms with Gasteiger partial charge in [0.05, 0.1) is 22.9 Å². The molecular weight excluding hydrogens is 492 g/mol. The number of carbonyl (C=O) groups excluding carboxylic acids is 1. The van der Waals surface area contributed by atoms with Gasteiger partial charge < -0.3 is 9.64 Å². The number of aromatic nitrogens is 6. The zero-order valence-corrected chi connectivity index (χ0v) is 21.5. The lowest BCUT2D eigenvalue weighted by molar-refractivity contribution is -0.129. The molecule has 1 aliphatic heterocycles. The normalized spacial score (nSPS) is 18.6. The van der Waals surface area contributed by atoms with Gasteiger partial charge in [-0.2, -0.15) is 8.78 Å². The molecule has 4 aromatic rings. The van der Waals surface area contributed by atoms with Gasteiger partial charge in [0.15, 0.2) is 0 Å². The quantitative estimate of drug-likeness (QED) is 0.308. The first-order chi connectivity index (χ1) is 18.3. The van der Waals surface area contributed by atoms with Crippen molar-refractivity contribution >= 4 is 16.9 Å². The van der Waals surface area contributed by atoms with Crippen molar-refractivity contribution in [1.82, 2.24) is 34.4 Å². The Balaban J connectivity index is 1.50. The number of rotatable bonds is 7. The van der Waals surface area contributed by atoms with E-state index in [1.165, 1.54) is 6.08 Å². The highest BCUT2D eigenvalue weighted by Crippen LogP contribution is 2.37. The number of ether oxygens (including phenoxy) is 1. The first kappa shape index (κ1) is 25.5. The molecule has 0 radical (unpaired) electrons. The van der Waals surface area contributed by atoms with Crippen LogP contribution in [0.5, 0.6) is 5.75 Å². The van der Waals surface area contributed by atoms with Crippen molar-refractivity contribution in [3.05, 3.63) is 66.9 Å². The van der Waals surface area contributed by atoms with E-state index in [2.05, 4.69) is 26.9 Å². The number of pyridine rings is 1. The predicted molar refractivity (Wildman–Crippen MR) is 138 cm³/mol. The summed E-state index contributed by atoms with van der Waals surface area (Å²) >= 11 is 0. The molecule has 3 atom stereocenters. The van der Waals surface area contributed by atoms with Crippen LogP contribution in [-0.4, -0.2) is 52.9 Å². The molecule has 5 rings (SSSR count). The summed E-state index contributed by atoms with van der Waals surface area (Å²) in [6.07, 6.45) is 5.09. The molecule has 1 unspecified atom stereocenters. The number of imidazole rings is 1. The van der Waals surface area contributed by atoms with E-state index in [-0.39, 0.29) is 29.3 Å². The number of carbonyl (C=O) groups is 1. The van der Waals surface area contributed by atoms with E-state index < -0.39 is 12.7 Å². The van der Waals surface area contributed by atoms with E-state index in [1.807, 2.05) is 42.5 Å². The smallest absolute Gasteiger partial charge is 0.320 e. The summed E-state index contributed by atoms with van der Waals surface area (Å²) in [4.78, 5) is 22.5. The van der Waals surface area contributed by atoms with Crippen LogP contribution in [0, 0.1) is 6.92 Å². The second kappa shape index (κ2) is 10.3. The summed E-state index contributed by atoms with van der Waals surface area (Å²) in [6, 6.07) is 9.00. The molecule has 3 aromatic heterocycles. The van der Waals surface area contributed by atoms with Crippen LogP contribution < -0.4 is 4.74 Å². The van der Waals surface area contributed by atoms with Crippen molar-refractivity contribution in [2.24, 2.45) is 0 Å². The monoisotopic (exact) mass is 521 g/mol. The molecule has 1 aromatic carbocycles. The summed E-state index contributed by atoms with van der Waals surface area (Å²) in [5, 5.41) is 8.89. The lowest BCUT2D eigenvalue weighted by Gasteiger charge is -2.37. The number of likely N-dealkylation sites (tertiary alicyclic amines) is 1. The third-order valence-corrected chi connectivity index (χ3v) is 7.11. The highest BCUT2D eigenvalue weighted by atomic mass is 19.3. The van der Waals surface area contributed by atoms with Gasteiger partial charge in [-0.1, -0.05) is 17.9 Å². The minimum absolute atomic E-state index is 0.0362. The van der Waals surface area contributed by atoms with Gasteiger partial charge >= 0.3 is 6.55 Å². The second-order valence-electron chi connectivity index (χ2n) is 9.52. The maximum Gasteiger partial charge on any atom is 0.320 e. The van der Waals surface area contributed by atoms with Crippen molar-refractivity contribution in [2.75, 3.05) is 6.54 Å². The van der Waals surface area contributed by atoms with Gasteiger partial charge in [0.1, 0.15) is 29.4 Å². The number of nitrogens with zero attached hydrogens (tertiary/aromatic N) is 7. The third kappa shape index (κ3) is 4.64. The summed E-state index contributed by atoms with van der Waals surface area (Å²) < 4.78 is 36.5. The van der Waals surface area contributed by atoms with Gasteiger partial charge in [-0.05, 0) is 64.0 Å². The molecule has 38 heavy (non-hydrogen) atoms. The minimum Gasteiger partial charge on any atom is -0.482 e. The fourth-order valence-corrected chi connectivity index (χ4v) is 5.14. The molecule has 0 N–H and O–H groups in total. The number of fused-ring (bicyclic) bond motifs is 1. The largest absolute Gasteiger partial charge is 0.482 e. The molecule has 9 nitrogen and oxygen atoms in total. The molecule has 0 spiro atoms. The zero-order chi connectivity index (χ0) is 27.0. The summed E-state index contributed by atoms with van der Waals surface area (Å²) in [7, 11) is 0. The van der Waals surface area contributed by atoms with Crippen molar-refractivity contribution in [3.63, 3.8) is 0 Å². The highest BCUT2D eigenvalue weighted by molar-refractivity contribution is 5.88.